The number of phenolic OH excluding ortho intramolecular Hbond substituents is 1. The number of rotatable bonds is 6. The van der Waals surface area contributed by atoms with E-state index in [0.29, 0.717) is 5.56 Å². The average molecular weight is 392 g/mol. The molecule has 3 aromatic rings. The van der Waals surface area contributed by atoms with Gasteiger partial charge in [-0.3, -0.25) is 9.59 Å². The Hall–Kier alpha value is -3.67. The molecule has 0 spiro atoms. The number of amides is 2. The zero-order valence-corrected chi connectivity index (χ0v) is 15.9. The van der Waals surface area contributed by atoms with Crippen molar-refractivity contribution in [1.29, 1.82) is 0 Å². The lowest BCUT2D eigenvalue weighted by Gasteiger charge is -2.20. The summed E-state index contributed by atoms with van der Waals surface area (Å²) in [4.78, 5) is 25.6. The molecule has 0 fully saturated rings. The maximum atomic E-state index is 13.5. The van der Waals surface area contributed by atoms with Crippen molar-refractivity contribution in [2.45, 2.75) is 19.4 Å². The quantitative estimate of drug-likeness (QED) is 0.558. The van der Waals surface area contributed by atoms with Crippen LogP contribution in [0, 0.1) is 12.7 Å². The Morgan fingerprint density at radius 1 is 1.00 bits per heavy atom. The van der Waals surface area contributed by atoms with E-state index in [2.05, 4.69) is 10.6 Å². The lowest BCUT2D eigenvalue weighted by atomic mass is 10.0. The topological polar surface area (TPSA) is 78.4 Å². The number of aromatic hydroxyl groups is 1. The summed E-state index contributed by atoms with van der Waals surface area (Å²) in [6, 6.07) is 18.6. The van der Waals surface area contributed by atoms with Crippen molar-refractivity contribution in [3.05, 3.63) is 95.3 Å². The number of benzene rings is 3. The van der Waals surface area contributed by atoms with Crippen LogP contribution in [0.2, 0.25) is 0 Å². The molecule has 0 saturated heterocycles. The maximum Gasteiger partial charge on any atom is 0.252 e. The molecule has 0 aromatic heterocycles. The number of hydrogen-bond acceptors (Lipinski definition) is 3. The van der Waals surface area contributed by atoms with E-state index in [1.165, 1.54) is 0 Å². The standard InChI is InChI=1S/C23H21FN2O3/c1-15-7-5-6-10-18(15)22(28)26-20(13-16-8-3-2-4-9-16)23(29)25-19-14-17(24)11-12-21(19)27/h2-12,14,20,27H,13H2,1H3,(H,25,29)(H,26,28). The summed E-state index contributed by atoms with van der Waals surface area (Å²) in [6.07, 6.45) is 0.236. The predicted octanol–water partition coefficient (Wildman–Crippen LogP) is 3.82. The average Bonchev–Trinajstić information content (AvgIpc) is 2.71. The van der Waals surface area contributed by atoms with Gasteiger partial charge in [-0.15, -0.1) is 0 Å². The molecule has 2 amide bonds. The van der Waals surface area contributed by atoms with Crippen LogP contribution in [0.25, 0.3) is 0 Å². The highest BCUT2D eigenvalue weighted by atomic mass is 19.1. The van der Waals surface area contributed by atoms with Crippen LogP contribution >= 0.6 is 0 Å². The van der Waals surface area contributed by atoms with Crippen molar-refractivity contribution in [1.82, 2.24) is 5.32 Å². The van der Waals surface area contributed by atoms with Crippen molar-refractivity contribution in [2.24, 2.45) is 0 Å². The van der Waals surface area contributed by atoms with Gasteiger partial charge in [0.2, 0.25) is 5.91 Å². The molecule has 1 atom stereocenters. The molecule has 1 unspecified atom stereocenters. The molecular weight excluding hydrogens is 371 g/mol. The fraction of sp³-hybridized carbons (Fsp3) is 0.130. The number of halogens is 1. The Labute approximate surface area is 168 Å². The second kappa shape index (κ2) is 9.01. The third kappa shape index (κ3) is 5.19. The first-order valence-electron chi connectivity index (χ1n) is 9.14. The summed E-state index contributed by atoms with van der Waals surface area (Å²) in [6.45, 7) is 1.81. The molecule has 0 bridgehead atoms. The monoisotopic (exact) mass is 392 g/mol. The highest BCUT2D eigenvalue weighted by Crippen LogP contribution is 2.24. The lowest BCUT2D eigenvalue weighted by molar-refractivity contribution is -0.118. The highest BCUT2D eigenvalue weighted by molar-refractivity contribution is 6.02. The van der Waals surface area contributed by atoms with E-state index in [0.717, 1.165) is 29.3 Å². The van der Waals surface area contributed by atoms with Gasteiger partial charge in [-0.1, -0.05) is 48.5 Å². The molecule has 0 radical (unpaired) electrons. The van der Waals surface area contributed by atoms with E-state index in [-0.39, 0.29) is 23.8 Å². The zero-order valence-electron chi connectivity index (χ0n) is 15.9. The zero-order chi connectivity index (χ0) is 20.8. The second-order valence-corrected chi connectivity index (χ2v) is 6.68. The van der Waals surface area contributed by atoms with Crippen molar-refractivity contribution in [3.63, 3.8) is 0 Å². The van der Waals surface area contributed by atoms with Gasteiger partial charge in [0.15, 0.2) is 0 Å². The fourth-order valence-electron chi connectivity index (χ4n) is 2.95. The first-order valence-corrected chi connectivity index (χ1v) is 9.14. The first-order chi connectivity index (χ1) is 13.9. The smallest absolute Gasteiger partial charge is 0.252 e. The second-order valence-electron chi connectivity index (χ2n) is 6.68. The molecule has 29 heavy (non-hydrogen) atoms. The van der Waals surface area contributed by atoms with Crippen molar-refractivity contribution < 1.29 is 19.1 Å². The van der Waals surface area contributed by atoms with Crippen LogP contribution in [0.3, 0.4) is 0 Å². The van der Waals surface area contributed by atoms with E-state index in [1.807, 2.05) is 49.4 Å². The van der Waals surface area contributed by atoms with Crippen LogP contribution in [-0.4, -0.2) is 23.0 Å². The number of carbonyl (C=O) groups is 2. The summed E-state index contributed by atoms with van der Waals surface area (Å²) in [5, 5.41) is 15.1. The molecule has 6 heteroatoms. The minimum atomic E-state index is -0.924. The van der Waals surface area contributed by atoms with Gasteiger partial charge in [-0.05, 0) is 36.2 Å². The molecule has 0 aliphatic rings. The van der Waals surface area contributed by atoms with E-state index < -0.39 is 17.8 Å². The predicted molar refractivity (Wildman–Crippen MR) is 109 cm³/mol. The van der Waals surface area contributed by atoms with Crippen molar-refractivity contribution >= 4 is 17.5 Å². The van der Waals surface area contributed by atoms with Crippen LogP contribution in [0.4, 0.5) is 10.1 Å². The molecule has 3 rings (SSSR count). The Bertz CT molecular complexity index is 1020. The third-order valence-corrected chi connectivity index (χ3v) is 4.51. The fourth-order valence-corrected chi connectivity index (χ4v) is 2.95. The SMILES string of the molecule is Cc1ccccc1C(=O)NC(Cc1ccccc1)C(=O)Nc1cc(F)ccc1O. The number of anilines is 1. The Kier molecular flexibility index (Phi) is 6.24. The largest absolute Gasteiger partial charge is 0.506 e. The minimum absolute atomic E-state index is 0.0572. The highest BCUT2D eigenvalue weighted by Gasteiger charge is 2.23. The van der Waals surface area contributed by atoms with Crippen LogP contribution < -0.4 is 10.6 Å². The molecule has 5 nitrogen and oxygen atoms in total. The number of nitrogens with one attached hydrogen (secondary N) is 2. The van der Waals surface area contributed by atoms with Gasteiger partial charge in [0, 0.05) is 18.1 Å². The first kappa shape index (κ1) is 20.1. The number of phenols is 1. The maximum absolute atomic E-state index is 13.5. The summed E-state index contributed by atoms with van der Waals surface area (Å²) in [7, 11) is 0. The van der Waals surface area contributed by atoms with Gasteiger partial charge in [0.1, 0.15) is 17.6 Å². The molecule has 0 aliphatic heterocycles. The van der Waals surface area contributed by atoms with Crippen LogP contribution in [-0.2, 0) is 11.2 Å². The van der Waals surface area contributed by atoms with Gasteiger partial charge in [-0.2, -0.15) is 0 Å². The Morgan fingerprint density at radius 2 is 1.69 bits per heavy atom. The van der Waals surface area contributed by atoms with Crippen LogP contribution in [0.5, 0.6) is 5.75 Å². The normalized spacial score (nSPS) is 11.5. The summed E-state index contributed by atoms with van der Waals surface area (Å²) < 4.78 is 13.5. The van der Waals surface area contributed by atoms with Crippen LogP contribution in [0.15, 0.2) is 72.8 Å². The van der Waals surface area contributed by atoms with Gasteiger partial charge in [0.05, 0.1) is 5.69 Å². The summed E-state index contributed by atoms with van der Waals surface area (Å²) >= 11 is 0. The number of hydrogen-bond donors (Lipinski definition) is 3. The van der Waals surface area contributed by atoms with Crippen LogP contribution in [0.1, 0.15) is 21.5 Å². The van der Waals surface area contributed by atoms with Gasteiger partial charge >= 0.3 is 0 Å². The summed E-state index contributed by atoms with van der Waals surface area (Å²) in [5.41, 5.74) is 2.04. The van der Waals surface area contributed by atoms with E-state index >= 15 is 0 Å². The van der Waals surface area contributed by atoms with E-state index in [4.69, 9.17) is 0 Å². The Balaban J connectivity index is 1.84. The molecule has 0 heterocycles. The van der Waals surface area contributed by atoms with Crippen molar-refractivity contribution in [3.8, 4) is 5.75 Å². The Morgan fingerprint density at radius 3 is 2.41 bits per heavy atom. The lowest BCUT2D eigenvalue weighted by Crippen LogP contribution is -2.45. The molecule has 3 N–H and O–H groups in total. The van der Waals surface area contributed by atoms with Gasteiger partial charge < -0.3 is 15.7 Å². The van der Waals surface area contributed by atoms with Gasteiger partial charge in [0.25, 0.3) is 5.91 Å². The van der Waals surface area contributed by atoms with E-state index in [1.54, 1.807) is 12.1 Å². The molecule has 0 saturated carbocycles. The molecule has 148 valence electrons. The number of aryl methyl sites for hydroxylation is 1. The number of carbonyl (C=O) groups excluding carboxylic acids is 2. The van der Waals surface area contributed by atoms with Gasteiger partial charge in [-0.25, -0.2) is 4.39 Å². The molecule has 0 aliphatic carbocycles. The molecule has 3 aromatic carbocycles. The third-order valence-electron chi connectivity index (χ3n) is 4.51. The summed E-state index contributed by atoms with van der Waals surface area (Å²) in [5.74, 6) is -1.80. The minimum Gasteiger partial charge on any atom is -0.506 e. The van der Waals surface area contributed by atoms with E-state index in [9.17, 15) is 19.1 Å². The molecular formula is C23H21FN2O3. The van der Waals surface area contributed by atoms with Crippen molar-refractivity contribution in [2.75, 3.05) is 5.32 Å².